The molecule has 0 radical (unpaired) electrons. The van der Waals surface area contributed by atoms with E-state index in [-0.39, 0.29) is 12.5 Å². The molecular formula is C15H10F2IN3O. The van der Waals surface area contributed by atoms with Crippen molar-refractivity contribution in [3.8, 4) is 0 Å². The second-order valence-electron chi connectivity index (χ2n) is 4.69. The van der Waals surface area contributed by atoms with E-state index in [0.717, 1.165) is 15.7 Å². The summed E-state index contributed by atoms with van der Waals surface area (Å²) in [5, 5.41) is 2.75. The van der Waals surface area contributed by atoms with Gasteiger partial charge in [0.2, 0.25) is 5.91 Å². The van der Waals surface area contributed by atoms with Gasteiger partial charge in [-0.05, 0) is 40.8 Å². The molecule has 1 heterocycles. The molecule has 0 bridgehead atoms. The van der Waals surface area contributed by atoms with Crippen LogP contribution < -0.4 is 5.32 Å². The Morgan fingerprint density at radius 3 is 2.77 bits per heavy atom. The van der Waals surface area contributed by atoms with Gasteiger partial charge in [0.25, 0.3) is 0 Å². The van der Waals surface area contributed by atoms with Crippen LogP contribution in [0.3, 0.4) is 0 Å². The number of amides is 1. The van der Waals surface area contributed by atoms with Gasteiger partial charge in [-0.1, -0.05) is 6.07 Å². The summed E-state index contributed by atoms with van der Waals surface area (Å²) in [7, 11) is 0. The predicted octanol–water partition coefficient (Wildman–Crippen LogP) is 3.56. The lowest BCUT2D eigenvalue weighted by molar-refractivity contribution is -0.116. The highest BCUT2D eigenvalue weighted by atomic mass is 127. The minimum Gasteiger partial charge on any atom is -0.325 e. The maximum absolute atomic E-state index is 13.3. The highest BCUT2D eigenvalue weighted by Gasteiger charge is 2.11. The molecule has 1 N–H and O–H groups in total. The monoisotopic (exact) mass is 413 g/mol. The van der Waals surface area contributed by atoms with Gasteiger partial charge >= 0.3 is 0 Å². The molecule has 0 aliphatic heterocycles. The summed E-state index contributed by atoms with van der Waals surface area (Å²) in [6.07, 6.45) is 1.39. The summed E-state index contributed by atoms with van der Waals surface area (Å²) in [4.78, 5) is 16.0. The normalized spacial score (nSPS) is 10.9. The van der Waals surface area contributed by atoms with Gasteiger partial charge in [0, 0.05) is 21.4 Å². The molecule has 0 aliphatic carbocycles. The van der Waals surface area contributed by atoms with Crippen LogP contribution in [-0.4, -0.2) is 15.5 Å². The average Bonchev–Trinajstić information content (AvgIpc) is 2.81. The average molecular weight is 413 g/mol. The standard InChI is InChI=1S/C15H10F2IN3O/c16-11-5-13-14(6-12(11)17)21(8-19-13)7-15(22)20-10-3-1-2-9(18)4-10/h1-6,8H,7H2,(H,20,22). The van der Waals surface area contributed by atoms with E-state index in [1.165, 1.54) is 10.9 Å². The zero-order valence-electron chi connectivity index (χ0n) is 11.2. The van der Waals surface area contributed by atoms with E-state index in [1.54, 1.807) is 6.07 Å². The van der Waals surface area contributed by atoms with E-state index in [9.17, 15) is 13.6 Å². The number of aromatic nitrogens is 2. The number of fused-ring (bicyclic) bond motifs is 1. The number of halogens is 3. The van der Waals surface area contributed by atoms with Crippen LogP contribution in [0.2, 0.25) is 0 Å². The lowest BCUT2D eigenvalue weighted by Crippen LogP contribution is -2.18. The van der Waals surface area contributed by atoms with Crippen molar-refractivity contribution in [1.29, 1.82) is 0 Å². The lowest BCUT2D eigenvalue weighted by Gasteiger charge is -2.07. The molecular weight excluding hydrogens is 403 g/mol. The molecule has 0 saturated carbocycles. The van der Waals surface area contributed by atoms with Crippen molar-refractivity contribution in [1.82, 2.24) is 9.55 Å². The number of nitrogens with zero attached hydrogens (tertiary/aromatic N) is 2. The van der Waals surface area contributed by atoms with Gasteiger partial charge in [0.15, 0.2) is 11.6 Å². The van der Waals surface area contributed by atoms with Crippen LogP contribution in [0.4, 0.5) is 14.5 Å². The minimum atomic E-state index is -0.965. The Labute approximate surface area is 138 Å². The van der Waals surface area contributed by atoms with Gasteiger partial charge < -0.3 is 9.88 Å². The molecule has 2 aromatic carbocycles. The number of carbonyl (C=O) groups excluding carboxylic acids is 1. The molecule has 0 fully saturated rings. The van der Waals surface area contributed by atoms with Crippen molar-refractivity contribution in [2.75, 3.05) is 5.32 Å². The zero-order valence-corrected chi connectivity index (χ0v) is 13.3. The number of hydrogen-bond acceptors (Lipinski definition) is 2. The molecule has 3 aromatic rings. The van der Waals surface area contributed by atoms with Crippen LogP contribution in [0.15, 0.2) is 42.7 Å². The number of imidazole rings is 1. The molecule has 0 unspecified atom stereocenters. The molecule has 0 atom stereocenters. The molecule has 0 saturated heterocycles. The van der Waals surface area contributed by atoms with E-state index in [1.807, 2.05) is 18.2 Å². The van der Waals surface area contributed by atoms with E-state index in [2.05, 4.69) is 32.9 Å². The van der Waals surface area contributed by atoms with Crippen molar-refractivity contribution in [2.24, 2.45) is 0 Å². The van der Waals surface area contributed by atoms with Crippen molar-refractivity contribution in [3.63, 3.8) is 0 Å². The van der Waals surface area contributed by atoms with Gasteiger partial charge in [-0.25, -0.2) is 13.8 Å². The first-order valence-corrected chi connectivity index (χ1v) is 7.46. The Morgan fingerprint density at radius 2 is 2.00 bits per heavy atom. The molecule has 1 aromatic heterocycles. The van der Waals surface area contributed by atoms with Gasteiger partial charge in [-0.3, -0.25) is 4.79 Å². The van der Waals surface area contributed by atoms with Crippen molar-refractivity contribution in [2.45, 2.75) is 6.54 Å². The molecule has 112 valence electrons. The number of anilines is 1. The second kappa shape index (κ2) is 5.99. The maximum Gasteiger partial charge on any atom is 0.244 e. The van der Waals surface area contributed by atoms with Crippen LogP contribution in [0.25, 0.3) is 11.0 Å². The first-order valence-electron chi connectivity index (χ1n) is 6.38. The van der Waals surface area contributed by atoms with Gasteiger partial charge in [0.05, 0.1) is 17.4 Å². The van der Waals surface area contributed by atoms with E-state index in [4.69, 9.17) is 0 Å². The van der Waals surface area contributed by atoms with Crippen LogP contribution in [0.5, 0.6) is 0 Å². The molecule has 7 heteroatoms. The van der Waals surface area contributed by atoms with Crippen molar-refractivity contribution < 1.29 is 13.6 Å². The fraction of sp³-hybridized carbons (Fsp3) is 0.0667. The molecule has 22 heavy (non-hydrogen) atoms. The fourth-order valence-electron chi connectivity index (χ4n) is 2.10. The molecule has 1 amide bonds. The summed E-state index contributed by atoms with van der Waals surface area (Å²) in [6.45, 7) is -0.0347. The van der Waals surface area contributed by atoms with E-state index < -0.39 is 11.6 Å². The zero-order chi connectivity index (χ0) is 15.7. The summed E-state index contributed by atoms with van der Waals surface area (Å²) in [5.41, 5.74) is 1.36. The largest absolute Gasteiger partial charge is 0.325 e. The Balaban J connectivity index is 1.81. The topological polar surface area (TPSA) is 46.9 Å². The SMILES string of the molecule is O=C(Cn1cnc2cc(F)c(F)cc21)Nc1cccc(I)c1. The van der Waals surface area contributed by atoms with E-state index >= 15 is 0 Å². The summed E-state index contributed by atoms with van der Waals surface area (Å²) in [6, 6.07) is 9.41. The van der Waals surface area contributed by atoms with Gasteiger partial charge in [-0.2, -0.15) is 0 Å². The molecule has 0 aliphatic rings. The summed E-state index contributed by atoms with van der Waals surface area (Å²) < 4.78 is 28.9. The minimum absolute atomic E-state index is 0.0347. The van der Waals surface area contributed by atoms with Crippen molar-refractivity contribution in [3.05, 3.63) is 57.9 Å². The maximum atomic E-state index is 13.3. The first-order chi connectivity index (χ1) is 10.5. The van der Waals surface area contributed by atoms with Crippen LogP contribution in [0.1, 0.15) is 0 Å². The number of carbonyl (C=O) groups is 1. The third-order valence-corrected chi connectivity index (χ3v) is 3.76. The predicted molar refractivity (Wildman–Crippen MR) is 87.4 cm³/mol. The van der Waals surface area contributed by atoms with Crippen LogP contribution in [0, 0.1) is 15.2 Å². The molecule has 4 nitrogen and oxygen atoms in total. The highest BCUT2D eigenvalue weighted by Crippen LogP contribution is 2.18. The Morgan fingerprint density at radius 1 is 1.23 bits per heavy atom. The number of hydrogen-bond donors (Lipinski definition) is 1. The number of rotatable bonds is 3. The first kappa shape index (κ1) is 14.9. The molecule has 0 spiro atoms. The summed E-state index contributed by atoms with van der Waals surface area (Å²) >= 11 is 2.15. The Hall–Kier alpha value is -2.03. The Kier molecular flexibility index (Phi) is 4.06. The quantitative estimate of drug-likeness (QED) is 0.668. The van der Waals surface area contributed by atoms with Gasteiger partial charge in [0.1, 0.15) is 6.54 Å². The smallest absolute Gasteiger partial charge is 0.244 e. The Bertz CT molecular complexity index is 863. The third kappa shape index (κ3) is 3.08. The fourth-order valence-corrected chi connectivity index (χ4v) is 2.64. The van der Waals surface area contributed by atoms with Gasteiger partial charge in [-0.15, -0.1) is 0 Å². The lowest BCUT2D eigenvalue weighted by atomic mass is 10.3. The second-order valence-corrected chi connectivity index (χ2v) is 5.93. The summed E-state index contributed by atoms with van der Waals surface area (Å²) in [5.74, 6) is -2.20. The van der Waals surface area contributed by atoms with E-state index in [0.29, 0.717) is 16.7 Å². The number of benzene rings is 2. The number of nitrogens with one attached hydrogen (secondary N) is 1. The molecule has 3 rings (SSSR count). The highest BCUT2D eigenvalue weighted by molar-refractivity contribution is 14.1. The van der Waals surface area contributed by atoms with Crippen LogP contribution in [-0.2, 0) is 11.3 Å². The third-order valence-electron chi connectivity index (χ3n) is 3.09. The van der Waals surface area contributed by atoms with Crippen molar-refractivity contribution >= 4 is 45.2 Å². The van der Waals surface area contributed by atoms with Crippen LogP contribution >= 0.6 is 22.6 Å².